The summed E-state index contributed by atoms with van der Waals surface area (Å²) in [7, 11) is 0. The number of aliphatic hydroxyl groups excluding tert-OH is 1. The largest absolute Gasteiger partial charge is 0.508 e. The topological polar surface area (TPSA) is 153 Å². The lowest BCUT2D eigenvalue weighted by Gasteiger charge is -2.35. The van der Waals surface area contributed by atoms with E-state index < -0.39 is 23.6 Å². The summed E-state index contributed by atoms with van der Waals surface area (Å²) < 4.78 is 5.98. The lowest BCUT2D eigenvalue weighted by molar-refractivity contribution is -0.142. The number of aromatic hydroxyl groups is 1. The van der Waals surface area contributed by atoms with Gasteiger partial charge in [-0.3, -0.25) is 14.4 Å². The summed E-state index contributed by atoms with van der Waals surface area (Å²) in [6.07, 6.45) is 3.85. The molecule has 3 amide bonds. The average molecular weight is 935 g/mol. The Kier molecular flexibility index (Phi) is 18.4. The van der Waals surface area contributed by atoms with Crippen molar-refractivity contribution < 1.29 is 29.3 Å². The average Bonchev–Trinajstić information content (AvgIpc) is 3.93. The van der Waals surface area contributed by atoms with Gasteiger partial charge >= 0.3 is 0 Å². The number of thiazole rings is 1. The van der Waals surface area contributed by atoms with Crippen LogP contribution in [0.25, 0.3) is 21.6 Å². The number of allylic oxidation sites excluding steroid dienone is 1. The fourth-order valence-electron chi connectivity index (χ4n) is 8.36. The highest BCUT2D eigenvalue weighted by atomic mass is 35.5. The van der Waals surface area contributed by atoms with Gasteiger partial charge in [-0.25, -0.2) is 4.98 Å². The van der Waals surface area contributed by atoms with Gasteiger partial charge < -0.3 is 35.8 Å². The van der Waals surface area contributed by atoms with E-state index in [0.717, 1.165) is 75.2 Å². The number of rotatable bonds is 22. The van der Waals surface area contributed by atoms with Crippen LogP contribution in [0.4, 0.5) is 0 Å². The number of hydrogen-bond acceptors (Lipinski definition) is 9. The van der Waals surface area contributed by atoms with E-state index in [1.807, 2.05) is 112 Å². The zero-order valence-corrected chi connectivity index (χ0v) is 40.1. The lowest BCUT2D eigenvalue weighted by Crippen LogP contribution is -2.56. The zero-order valence-electron chi connectivity index (χ0n) is 38.5. The molecule has 0 bridgehead atoms. The van der Waals surface area contributed by atoms with E-state index >= 15 is 0 Å². The minimum Gasteiger partial charge on any atom is -0.508 e. The zero-order chi connectivity index (χ0) is 47.1. The number of nitrogens with zero attached hydrogens (tertiary/aromatic N) is 2. The van der Waals surface area contributed by atoms with Gasteiger partial charge in [-0.2, -0.15) is 0 Å². The Labute approximate surface area is 398 Å². The summed E-state index contributed by atoms with van der Waals surface area (Å²) in [6.45, 7) is 9.75. The Bertz CT molecular complexity index is 2360. The number of nitrogens with one attached hydrogen (secondary N) is 3. The first-order valence-corrected chi connectivity index (χ1v) is 24.4. The Morgan fingerprint density at radius 2 is 1.53 bits per heavy atom. The molecule has 6 rings (SSSR count). The summed E-state index contributed by atoms with van der Waals surface area (Å²) in [4.78, 5) is 47.1. The van der Waals surface area contributed by atoms with Crippen molar-refractivity contribution in [2.75, 3.05) is 32.1 Å². The van der Waals surface area contributed by atoms with Crippen LogP contribution in [0.1, 0.15) is 93.7 Å². The fraction of sp³-hybridized carbons (Fsp3) is 0.396. The smallest absolute Gasteiger partial charge is 0.243 e. The summed E-state index contributed by atoms with van der Waals surface area (Å²) in [5.74, 6) is 0.878. The van der Waals surface area contributed by atoms with Crippen LogP contribution in [0, 0.1) is 12.3 Å². The molecule has 1 unspecified atom stereocenters. The van der Waals surface area contributed by atoms with Crippen molar-refractivity contribution in [3.8, 4) is 21.9 Å². The van der Waals surface area contributed by atoms with Gasteiger partial charge in [0.2, 0.25) is 17.7 Å². The number of phenols is 1. The standard InChI is InChI=1S/C53H64ClN5O6S/c1-36-49(66-35-58-36)41-17-15-37(16-18-41)33-57-51(63)46-32-43(61)34-59(46)52(64)50(53(2,3)4)56-29-11-6-5-10-14-47(62)55-30-31-65-44-25-21-40(22-26-44)48(39-19-23-42(60)24-20-39)45(27-28-54)38-12-8-7-9-13-38/h7-9,12-13,15-26,35,43,46,50,56,60-61H,5-6,10-11,14,27-34H2,1-4H3,(H,55,62)(H,57,63)/t43-,46+,50?/m1/s1. The van der Waals surface area contributed by atoms with Crippen molar-refractivity contribution in [3.63, 3.8) is 0 Å². The minimum atomic E-state index is -0.772. The molecular weight excluding hydrogens is 870 g/mol. The van der Waals surface area contributed by atoms with E-state index in [2.05, 4.69) is 33.1 Å². The maximum Gasteiger partial charge on any atom is 0.243 e. The van der Waals surface area contributed by atoms with Crippen LogP contribution in [0.3, 0.4) is 0 Å². The molecule has 1 saturated heterocycles. The second-order valence-electron chi connectivity index (χ2n) is 17.9. The Morgan fingerprint density at radius 3 is 2.18 bits per heavy atom. The SMILES string of the molecule is Cc1ncsc1-c1ccc(CNC(=O)[C@@H]2C[C@@H](O)CN2C(=O)C(NCCCCCCC(=O)NCCOc2ccc(C(=C(CCCl)c3ccccc3)c3ccc(O)cc3)cc2)C(C)(C)C)cc1. The predicted molar refractivity (Wildman–Crippen MR) is 265 cm³/mol. The number of likely N-dealkylation sites (tertiary alicyclic amines) is 1. The monoisotopic (exact) mass is 933 g/mol. The second-order valence-corrected chi connectivity index (χ2v) is 19.2. The van der Waals surface area contributed by atoms with Gasteiger partial charge in [0.25, 0.3) is 0 Å². The molecule has 5 aromatic rings. The molecule has 0 spiro atoms. The second kappa shape index (κ2) is 24.3. The Hall–Kier alpha value is -5.53. The number of aliphatic hydroxyl groups is 1. The van der Waals surface area contributed by atoms with E-state index in [1.165, 1.54) is 0 Å². The molecule has 1 aliphatic heterocycles. The number of ether oxygens (including phenoxy) is 1. The molecule has 66 heavy (non-hydrogen) atoms. The number of phenolic OH excluding ortho intramolecular Hbond substituents is 1. The lowest BCUT2D eigenvalue weighted by atomic mass is 9.85. The maximum absolute atomic E-state index is 14.0. The van der Waals surface area contributed by atoms with Crippen LogP contribution in [0.15, 0.2) is 109 Å². The molecule has 350 valence electrons. The van der Waals surface area contributed by atoms with Crippen molar-refractivity contribution in [3.05, 3.63) is 137 Å². The van der Waals surface area contributed by atoms with Crippen LogP contribution in [0.5, 0.6) is 11.5 Å². The number of hydrogen-bond donors (Lipinski definition) is 5. The molecule has 5 N–H and O–H groups in total. The van der Waals surface area contributed by atoms with Crippen molar-refractivity contribution >= 4 is 51.8 Å². The van der Waals surface area contributed by atoms with Gasteiger partial charge in [0.05, 0.1) is 34.8 Å². The van der Waals surface area contributed by atoms with Crippen molar-refractivity contribution in [1.29, 1.82) is 0 Å². The fourth-order valence-corrected chi connectivity index (χ4v) is 9.36. The van der Waals surface area contributed by atoms with Crippen LogP contribution in [-0.2, 0) is 20.9 Å². The first-order chi connectivity index (χ1) is 31.8. The van der Waals surface area contributed by atoms with Crippen LogP contribution in [0.2, 0.25) is 0 Å². The third-order valence-corrected chi connectivity index (χ3v) is 13.0. The molecule has 0 saturated carbocycles. The Balaban J connectivity index is 0.896. The first-order valence-electron chi connectivity index (χ1n) is 22.9. The molecule has 1 aromatic heterocycles. The minimum absolute atomic E-state index is 0.0202. The van der Waals surface area contributed by atoms with Crippen LogP contribution < -0.4 is 20.7 Å². The summed E-state index contributed by atoms with van der Waals surface area (Å²) in [5.41, 5.74) is 9.61. The number of aromatic nitrogens is 1. The molecule has 2 heterocycles. The molecule has 1 fully saturated rings. The summed E-state index contributed by atoms with van der Waals surface area (Å²) >= 11 is 7.90. The number of carbonyl (C=O) groups excluding carboxylic acids is 3. The predicted octanol–water partition coefficient (Wildman–Crippen LogP) is 9.14. The molecule has 0 aliphatic carbocycles. The maximum atomic E-state index is 14.0. The number of unbranched alkanes of at least 4 members (excludes halogenated alkanes) is 3. The van der Waals surface area contributed by atoms with Gasteiger partial charge in [0, 0.05) is 31.8 Å². The molecule has 3 atom stereocenters. The van der Waals surface area contributed by atoms with Gasteiger partial charge in [-0.1, -0.05) is 112 Å². The molecule has 13 heteroatoms. The third-order valence-electron chi connectivity index (χ3n) is 11.8. The van der Waals surface area contributed by atoms with Gasteiger partial charge in [-0.05, 0) is 101 Å². The number of aryl methyl sites for hydroxylation is 1. The highest BCUT2D eigenvalue weighted by molar-refractivity contribution is 7.13. The van der Waals surface area contributed by atoms with E-state index in [4.69, 9.17) is 16.3 Å². The van der Waals surface area contributed by atoms with E-state index in [1.54, 1.807) is 28.4 Å². The quantitative estimate of drug-likeness (QED) is 0.0262. The molecule has 1 aliphatic rings. The van der Waals surface area contributed by atoms with Crippen LogP contribution >= 0.6 is 22.9 Å². The number of β-amino-alcohol motifs (C(OH)–C–C–N with tert-alkyl or cyclic N) is 1. The van der Waals surface area contributed by atoms with Gasteiger partial charge in [0.15, 0.2) is 0 Å². The molecule has 0 radical (unpaired) electrons. The van der Waals surface area contributed by atoms with Gasteiger partial charge in [-0.15, -0.1) is 22.9 Å². The van der Waals surface area contributed by atoms with E-state index in [9.17, 15) is 24.6 Å². The van der Waals surface area contributed by atoms with E-state index in [0.29, 0.717) is 50.7 Å². The number of amides is 3. The first kappa shape index (κ1) is 49.9. The molecule has 11 nitrogen and oxygen atoms in total. The number of alkyl halides is 1. The van der Waals surface area contributed by atoms with Crippen LogP contribution in [-0.4, -0.2) is 88.1 Å². The van der Waals surface area contributed by atoms with Crippen molar-refractivity contribution in [2.45, 2.75) is 97.4 Å². The summed E-state index contributed by atoms with van der Waals surface area (Å²) in [5, 5.41) is 30.0. The number of benzene rings is 4. The van der Waals surface area contributed by atoms with Crippen molar-refractivity contribution in [2.24, 2.45) is 5.41 Å². The highest BCUT2D eigenvalue weighted by Gasteiger charge is 2.43. The normalized spacial score (nSPS) is 15.8. The Morgan fingerprint density at radius 1 is 0.848 bits per heavy atom. The van der Waals surface area contributed by atoms with Crippen molar-refractivity contribution in [1.82, 2.24) is 25.8 Å². The number of carbonyl (C=O) groups is 3. The third kappa shape index (κ3) is 14.0. The van der Waals surface area contributed by atoms with E-state index in [-0.39, 0.29) is 36.4 Å². The highest BCUT2D eigenvalue weighted by Crippen LogP contribution is 2.36. The molecule has 4 aromatic carbocycles. The van der Waals surface area contributed by atoms with Gasteiger partial charge in [0.1, 0.15) is 24.1 Å². The molecular formula is C53H64ClN5O6S. The number of halogens is 1. The summed E-state index contributed by atoms with van der Waals surface area (Å²) in [6, 6.07) is 32.0.